The molecule has 0 fully saturated rings. The number of benzene rings is 1. The van der Waals surface area contributed by atoms with Gasteiger partial charge in [-0.3, -0.25) is 0 Å². The Balaban J connectivity index is 3.10. The maximum Gasteiger partial charge on any atom is 0.416 e. The number of nitrogens with zero attached hydrogens (tertiary/aromatic N) is 1. The minimum atomic E-state index is -4.50. The topological polar surface area (TPSA) is 43.7 Å². The van der Waals surface area contributed by atoms with E-state index in [9.17, 15) is 13.2 Å². The van der Waals surface area contributed by atoms with Gasteiger partial charge in [-0.25, -0.2) is 0 Å². The highest BCUT2D eigenvalue weighted by atomic mass is 19.4. The number of aliphatic hydroxyl groups is 2. The first-order valence-electron chi connectivity index (χ1n) is 6.60. The maximum absolute atomic E-state index is 12.9. The molecule has 1 aromatic carbocycles. The molecule has 2 N–H and O–H groups in total. The van der Waals surface area contributed by atoms with Crippen molar-refractivity contribution in [1.82, 2.24) is 0 Å². The van der Waals surface area contributed by atoms with Crippen molar-refractivity contribution >= 4 is 5.69 Å². The lowest BCUT2D eigenvalue weighted by Gasteiger charge is -2.25. The summed E-state index contributed by atoms with van der Waals surface area (Å²) >= 11 is 0. The quantitative estimate of drug-likeness (QED) is 0.812. The van der Waals surface area contributed by atoms with Gasteiger partial charge >= 0.3 is 6.18 Å². The zero-order valence-electron chi connectivity index (χ0n) is 11.5. The van der Waals surface area contributed by atoms with E-state index in [-0.39, 0.29) is 18.7 Å². The Morgan fingerprint density at radius 2 is 1.85 bits per heavy atom. The van der Waals surface area contributed by atoms with E-state index >= 15 is 0 Å². The van der Waals surface area contributed by atoms with Crippen LogP contribution in [0.3, 0.4) is 0 Å². The molecule has 0 unspecified atom stereocenters. The summed E-state index contributed by atoms with van der Waals surface area (Å²) < 4.78 is 38.8. The molecule has 114 valence electrons. The number of halogens is 3. The predicted octanol–water partition coefficient (Wildman–Crippen LogP) is 2.80. The molecule has 1 rings (SSSR count). The number of alkyl halides is 3. The van der Waals surface area contributed by atoms with Gasteiger partial charge in [-0.2, -0.15) is 13.2 Å². The van der Waals surface area contributed by atoms with Gasteiger partial charge in [0.2, 0.25) is 0 Å². The minimum absolute atomic E-state index is 0.118. The average Bonchev–Trinajstić information content (AvgIpc) is 2.42. The fraction of sp³-hybridized carbons (Fsp3) is 0.571. The molecule has 0 aromatic heterocycles. The molecule has 0 amide bonds. The summed E-state index contributed by atoms with van der Waals surface area (Å²) in [6.45, 7) is 2.10. The van der Waals surface area contributed by atoms with Gasteiger partial charge in [0, 0.05) is 18.8 Å². The number of rotatable bonds is 7. The van der Waals surface area contributed by atoms with E-state index in [1.807, 2.05) is 6.92 Å². The van der Waals surface area contributed by atoms with Crippen molar-refractivity contribution in [2.24, 2.45) is 0 Å². The fourth-order valence-corrected chi connectivity index (χ4v) is 2.00. The normalized spacial score (nSPS) is 11.7. The number of aliphatic hydroxyl groups excluding tert-OH is 2. The summed E-state index contributed by atoms with van der Waals surface area (Å²) in [5, 5.41) is 18.0. The summed E-state index contributed by atoms with van der Waals surface area (Å²) in [5.74, 6) is 0. The number of hydrogen-bond acceptors (Lipinski definition) is 3. The molecule has 0 aliphatic carbocycles. The third-order valence-corrected chi connectivity index (χ3v) is 3.09. The van der Waals surface area contributed by atoms with Crippen LogP contribution in [0.1, 0.15) is 30.9 Å². The van der Waals surface area contributed by atoms with Crippen molar-refractivity contribution in [3.63, 3.8) is 0 Å². The van der Waals surface area contributed by atoms with Gasteiger partial charge in [0.1, 0.15) is 0 Å². The molecule has 0 saturated heterocycles. The van der Waals surface area contributed by atoms with E-state index in [2.05, 4.69) is 0 Å². The van der Waals surface area contributed by atoms with Crippen molar-refractivity contribution in [2.75, 3.05) is 24.6 Å². The van der Waals surface area contributed by atoms with Crippen LogP contribution in [0, 0.1) is 0 Å². The Morgan fingerprint density at radius 3 is 2.35 bits per heavy atom. The lowest BCUT2D eigenvalue weighted by Crippen LogP contribution is -2.28. The number of unbranched alkanes of at least 4 members (excludes halogenated alkanes) is 1. The molecular formula is C14H20F3NO2. The summed E-state index contributed by atoms with van der Waals surface area (Å²) in [7, 11) is 0. The summed E-state index contributed by atoms with van der Waals surface area (Å²) in [5.41, 5.74) is -0.547. The van der Waals surface area contributed by atoms with E-state index < -0.39 is 18.3 Å². The van der Waals surface area contributed by atoms with Crippen LogP contribution in [0.15, 0.2) is 18.2 Å². The van der Waals surface area contributed by atoms with E-state index in [1.54, 1.807) is 11.0 Å². The average molecular weight is 291 g/mol. The molecule has 0 aliphatic rings. The number of hydrogen-bond donors (Lipinski definition) is 2. The first kappa shape index (κ1) is 16.8. The molecule has 3 nitrogen and oxygen atoms in total. The Bertz CT molecular complexity index is 421. The third-order valence-electron chi connectivity index (χ3n) is 3.09. The zero-order valence-corrected chi connectivity index (χ0v) is 11.5. The van der Waals surface area contributed by atoms with Gasteiger partial charge in [-0.15, -0.1) is 0 Å². The molecule has 20 heavy (non-hydrogen) atoms. The van der Waals surface area contributed by atoms with Gasteiger partial charge in [-0.05, 0) is 24.1 Å². The van der Waals surface area contributed by atoms with Crippen LogP contribution in [0.25, 0.3) is 0 Å². The Morgan fingerprint density at radius 1 is 1.15 bits per heavy atom. The van der Waals surface area contributed by atoms with Crippen LogP contribution in [0.2, 0.25) is 0 Å². The van der Waals surface area contributed by atoms with Gasteiger partial charge in [-0.1, -0.05) is 19.4 Å². The highest BCUT2D eigenvalue weighted by Gasteiger charge is 2.33. The standard InChI is InChI=1S/C14H20F3NO2/c1-2-3-6-18(7-8-19)12-5-4-11(10-20)13(9-12)14(15,16)17/h4-5,9,19-20H,2-3,6-8,10H2,1H3. The molecule has 0 spiro atoms. The molecule has 0 radical (unpaired) electrons. The van der Waals surface area contributed by atoms with E-state index in [1.165, 1.54) is 6.07 Å². The van der Waals surface area contributed by atoms with Gasteiger partial charge < -0.3 is 15.1 Å². The Hall–Kier alpha value is -1.27. The zero-order chi connectivity index (χ0) is 15.2. The lowest BCUT2D eigenvalue weighted by molar-refractivity contribution is -0.138. The molecule has 1 aromatic rings. The SMILES string of the molecule is CCCCN(CCO)c1ccc(CO)c(C(F)(F)F)c1. The summed E-state index contributed by atoms with van der Waals surface area (Å²) in [4.78, 5) is 1.72. The second-order valence-corrected chi connectivity index (χ2v) is 4.56. The second kappa shape index (κ2) is 7.50. The molecule has 0 saturated carbocycles. The van der Waals surface area contributed by atoms with E-state index in [0.29, 0.717) is 12.2 Å². The molecule has 0 atom stereocenters. The fourth-order valence-electron chi connectivity index (χ4n) is 2.00. The minimum Gasteiger partial charge on any atom is -0.395 e. The van der Waals surface area contributed by atoms with Crippen LogP contribution in [0.4, 0.5) is 18.9 Å². The largest absolute Gasteiger partial charge is 0.416 e. The van der Waals surface area contributed by atoms with Crippen LogP contribution < -0.4 is 4.90 Å². The summed E-state index contributed by atoms with van der Waals surface area (Å²) in [6.07, 6.45) is -2.74. The molecule has 0 aliphatic heterocycles. The van der Waals surface area contributed by atoms with Crippen LogP contribution in [-0.2, 0) is 12.8 Å². The highest BCUT2D eigenvalue weighted by molar-refractivity contribution is 5.52. The molecule has 0 bridgehead atoms. The van der Waals surface area contributed by atoms with E-state index in [0.717, 1.165) is 18.9 Å². The van der Waals surface area contributed by atoms with Crippen molar-refractivity contribution in [3.05, 3.63) is 29.3 Å². The Labute approximate surface area is 116 Å². The van der Waals surface area contributed by atoms with Crippen molar-refractivity contribution in [2.45, 2.75) is 32.5 Å². The third kappa shape index (κ3) is 4.38. The van der Waals surface area contributed by atoms with Crippen molar-refractivity contribution in [3.8, 4) is 0 Å². The predicted molar refractivity (Wildman–Crippen MR) is 71.6 cm³/mol. The highest BCUT2D eigenvalue weighted by Crippen LogP contribution is 2.34. The molecule has 6 heteroatoms. The van der Waals surface area contributed by atoms with Crippen LogP contribution in [-0.4, -0.2) is 29.9 Å². The summed E-state index contributed by atoms with van der Waals surface area (Å²) in [6, 6.07) is 3.87. The van der Waals surface area contributed by atoms with Crippen LogP contribution in [0.5, 0.6) is 0 Å². The maximum atomic E-state index is 12.9. The number of anilines is 1. The van der Waals surface area contributed by atoms with Gasteiger partial charge in [0.05, 0.1) is 18.8 Å². The first-order valence-corrected chi connectivity index (χ1v) is 6.60. The lowest BCUT2D eigenvalue weighted by atomic mass is 10.1. The monoisotopic (exact) mass is 291 g/mol. The molecular weight excluding hydrogens is 271 g/mol. The molecule has 0 heterocycles. The van der Waals surface area contributed by atoms with Gasteiger partial charge in [0.25, 0.3) is 0 Å². The Kier molecular flexibility index (Phi) is 6.29. The van der Waals surface area contributed by atoms with Crippen molar-refractivity contribution < 1.29 is 23.4 Å². The van der Waals surface area contributed by atoms with Crippen LogP contribution >= 0.6 is 0 Å². The van der Waals surface area contributed by atoms with E-state index in [4.69, 9.17) is 10.2 Å². The second-order valence-electron chi connectivity index (χ2n) is 4.56. The van der Waals surface area contributed by atoms with Gasteiger partial charge in [0.15, 0.2) is 0 Å². The first-order chi connectivity index (χ1) is 9.43. The van der Waals surface area contributed by atoms with Crippen molar-refractivity contribution in [1.29, 1.82) is 0 Å². The smallest absolute Gasteiger partial charge is 0.395 e.